The first kappa shape index (κ1) is 15.4. The van der Waals surface area contributed by atoms with Crippen LogP contribution in [0.4, 0.5) is 5.82 Å². The molecular formula is C16H14BrN5O. The summed E-state index contributed by atoms with van der Waals surface area (Å²) in [6.07, 6.45) is 3.56. The summed E-state index contributed by atoms with van der Waals surface area (Å²) in [6, 6.07) is 8.92. The molecule has 0 aliphatic carbocycles. The normalized spacial score (nSPS) is 10.6. The lowest BCUT2D eigenvalue weighted by molar-refractivity contribution is 0.102. The topological polar surface area (TPSA) is 72.7 Å². The van der Waals surface area contributed by atoms with Crippen LogP contribution in [-0.4, -0.2) is 25.7 Å². The molecule has 0 aliphatic heterocycles. The van der Waals surface area contributed by atoms with Crippen molar-refractivity contribution in [3.8, 4) is 11.3 Å². The number of aryl methyl sites for hydroxylation is 2. The number of carbonyl (C=O) groups excluding carboxylic acids is 1. The number of halogens is 1. The van der Waals surface area contributed by atoms with Crippen LogP contribution in [0.5, 0.6) is 0 Å². The van der Waals surface area contributed by atoms with E-state index in [9.17, 15) is 4.79 Å². The van der Waals surface area contributed by atoms with Gasteiger partial charge in [-0.3, -0.25) is 9.48 Å². The highest BCUT2D eigenvalue weighted by Gasteiger charge is 2.11. The van der Waals surface area contributed by atoms with Crippen molar-refractivity contribution in [1.82, 2.24) is 19.7 Å². The Labute approximate surface area is 141 Å². The predicted octanol–water partition coefficient (Wildman–Crippen LogP) is 3.20. The molecule has 3 aromatic heterocycles. The maximum Gasteiger partial charge on any atom is 0.275 e. The molecule has 6 nitrogen and oxygen atoms in total. The standard InChI is InChI=1S/C16H14BrN5O/c1-10-6-12(17)7-15(19-10)21-16(23)14-5-3-4-13(20-14)11-8-18-22(2)9-11/h3-9H,1-2H3,(H,19,21,23). The van der Waals surface area contributed by atoms with E-state index >= 15 is 0 Å². The van der Waals surface area contributed by atoms with Crippen LogP contribution in [0.15, 0.2) is 47.2 Å². The highest BCUT2D eigenvalue weighted by atomic mass is 79.9. The highest BCUT2D eigenvalue weighted by Crippen LogP contribution is 2.18. The van der Waals surface area contributed by atoms with E-state index in [0.29, 0.717) is 17.2 Å². The fraction of sp³-hybridized carbons (Fsp3) is 0.125. The number of nitrogens with zero attached hydrogens (tertiary/aromatic N) is 4. The maximum atomic E-state index is 12.4. The van der Waals surface area contributed by atoms with Gasteiger partial charge in [0.1, 0.15) is 11.5 Å². The Bertz CT molecular complexity index is 854. The summed E-state index contributed by atoms with van der Waals surface area (Å²) >= 11 is 3.39. The molecule has 0 spiro atoms. The average molecular weight is 372 g/mol. The molecule has 23 heavy (non-hydrogen) atoms. The molecule has 7 heteroatoms. The first-order valence-electron chi connectivity index (χ1n) is 6.93. The molecule has 0 aliphatic rings. The number of hydrogen-bond acceptors (Lipinski definition) is 4. The number of amides is 1. The number of anilines is 1. The molecule has 3 aromatic rings. The summed E-state index contributed by atoms with van der Waals surface area (Å²) in [5.74, 6) is 0.177. The van der Waals surface area contributed by atoms with E-state index in [1.165, 1.54) is 0 Å². The Kier molecular flexibility index (Phi) is 4.20. The molecule has 0 atom stereocenters. The van der Waals surface area contributed by atoms with Gasteiger partial charge in [-0.15, -0.1) is 0 Å². The van der Waals surface area contributed by atoms with Gasteiger partial charge in [0.25, 0.3) is 5.91 Å². The van der Waals surface area contributed by atoms with Crippen molar-refractivity contribution in [3.63, 3.8) is 0 Å². The number of rotatable bonds is 3. The third-order valence-corrected chi connectivity index (χ3v) is 3.60. The van der Waals surface area contributed by atoms with Crippen molar-refractivity contribution >= 4 is 27.7 Å². The summed E-state index contributed by atoms with van der Waals surface area (Å²) in [4.78, 5) is 21.0. The van der Waals surface area contributed by atoms with Gasteiger partial charge < -0.3 is 5.32 Å². The summed E-state index contributed by atoms with van der Waals surface area (Å²) in [6.45, 7) is 1.86. The van der Waals surface area contributed by atoms with Crippen molar-refractivity contribution in [2.45, 2.75) is 6.92 Å². The van der Waals surface area contributed by atoms with Gasteiger partial charge in [-0.25, -0.2) is 9.97 Å². The second-order valence-electron chi connectivity index (χ2n) is 5.08. The Morgan fingerprint density at radius 1 is 1.26 bits per heavy atom. The molecule has 1 N–H and O–H groups in total. The number of aromatic nitrogens is 4. The summed E-state index contributed by atoms with van der Waals surface area (Å²) in [7, 11) is 1.83. The van der Waals surface area contributed by atoms with E-state index in [-0.39, 0.29) is 5.91 Å². The summed E-state index contributed by atoms with van der Waals surface area (Å²) in [5, 5.41) is 6.88. The average Bonchev–Trinajstić information content (AvgIpc) is 2.93. The van der Waals surface area contributed by atoms with Crippen molar-refractivity contribution in [2.75, 3.05) is 5.32 Å². The predicted molar refractivity (Wildman–Crippen MR) is 91.1 cm³/mol. The fourth-order valence-corrected chi connectivity index (χ4v) is 2.69. The Morgan fingerprint density at radius 2 is 2.09 bits per heavy atom. The highest BCUT2D eigenvalue weighted by molar-refractivity contribution is 9.10. The lowest BCUT2D eigenvalue weighted by atomic mass is 10.2. The monoisotopic (exact) mass is 371 g/mol. The van der Waals surface area contributed by atoms with E-state index in [2.05, 4.69) is 36.3 Å². The minimum atomic E-state index is -0.305. The molecule has 116 valence electrons. The third-order valence-electron chi connectivity index (χ3n) is 3.14. The molecule has 0 saturated heterocycles. The largest absolute Gasteiger partial charge is 0.305 e. The zero-order valence-corrected chi connectivity index (χ0v) is 14.2. The van der Waals surface area contributed by atoms with Crippen molar-refractivity contribution in [1.29, 1.82) is 0 Å². The fourth-order valence-electron chi connectivity index (χ4n) is 2.15. The molecule has 0 fully saturated rings. The SMILES string of the molecule is Cc1cc(Br)cc(NC(=O)c2cccc(-c3cnn(C)c3)n2)n1. The van der Waals surface area contributed by atoms with E-state index in [1.807, 2.05) is 32.3 Å². The Hall–Kier alpha value is -2.54. The molecule has 0 aromatic carbocycles. The van der Waals surface area contributed by atoms with Gasteiger partial charge >= 0.3 is 0 Å². The molecule has 0 unspecified atom stereocenters. The van der Waals surface area contributed by atoms with Gasteiger partial charge in [-0.05, 0) is 31.2 Å². The molecule has 0 bridgehead atoms. The van der Waals surface area contributed by atoms with E-state index in [4.69, 9.17) is 0 Å². The Balaban J connectivity index is 1.85. The lowest BCUT2D eigenvalue weighted by Crippen LogP contribution is -2.15. The Morgan fingerprint density at radius 3 is 2.78 bits per heavy atom. The van der Waals surface area contributed by atoms with Crippen molar-refractivity contribution in [2.24, 2.45) is 7.05 Å². The summed E-state index contributed by atoms with van der Waals surface area (Å²) in [5.41, 5.74) is 2.69. The molecule has 0 radical (unpaired) electrons. The lowest BCUT2D eigenvalue weighted by Gasteiger charge is -2.06. The van der Waals surface area contributed by atoms with Crippen LogP contribution in [0, 0.1) is 6.92 Å². The van der Waals surface area contributed by atoms with Gasteiger partial charge in [0, 0.05) is 29.0 Å². The van der Waals surface area contributed by atoms with E-state index < -0.39 is 0 Å². The van der Waals surface area contributed by atoms with Gasteiger partial charge in [0.2, 0.25) is 0 Å². The number of carbonyl (C=O) groups is 1. The number of nitrogens with one attached hydrogen (secondary N) is 1. The first-order valence-corrected chi connectivity index (χ1v) is 7.72. The van der Waals surface area contributed by atoms with E-state index in [1.54, 1.807) is 29.1 Å². The van der Waals surface area contributed by atoms with Gasteiger partial charge in [0.15, 0.2) is 0 Å². The van der Waals surface area contributed by atoms with Crippen molar-refractivity contribution < 1.29 is 4.79 Å². The van der Waals surface area contributed by atoms with Crippen LogP contribution in [0.2, 0.25) is 0 Å². The first-order chi connectivity index (χ1) is 11.0. The minimum absolute atomic E-state index is 0.305. The maximum absolute atomic E-state index is 12.4. The summed E-state index contributed by atoms with van der Waals surface area (Å²) < 4.78 is 2.55. The number of pyridine rings is 2. The zero-order chi connectivity index (χ0) is 16.4. The van der Waals surface area contributed by atoms with Crippen LogP contribution >= 0.6 is 15.9 Å². The third kappa shape index (κ3) is 3.62. The van der Waals surface area contributed by atoms with Crippen LogP contribution in [0.3, 0.4) is 0 Å². The van der Waals surface area contributed by atoms with Gasteiger partial charge in [-0.1, -0.05) is 22.0 Å². The van der Waals surface area contributed by atoms with Crippen LogP contribution in [-0.2, 0) is 7.05 Å². The van der Waals surface area contributed by atoms with Crippen LogP contribution in [0.25, 0.3) is 11.3 Å². The molecular weight excluding hydrogens is 358 g/mol. The van der Waals surface area contributed by atoms with Gasteiger partial charge in [-0.2, -0.15) is 5.10 Å². The van der Waals surface area contributed by atoms with Crippen LogP contribution in [0.1, 0.15) is 16.2 Å². The quantitative estimate of drug-likeness (QED) is 0.767. The molecule has 3 rings (SSSR count). The van der Waals surface area contributed by atoms with E-state index in [0.717, 1.165) is 15.7 Å². The van der Waals surface area contributed by atoms with Crippen molar-refractivity contribution in [3.05, 3.63) is 58.6 Å². The molecule has 1 amide bonds. The van der Waals surface area contributed by atoms with Crippen LogP contribution < -0.4 is 5.32 Å². The second kappa shape index (κ2) is 6.29. The minimum Gasteiger partial charge on any atom is -0.305 e. The smallest absolute Gasteiger partial charge is 0.275 e. The zero-order valence-electron chi connectivity index (χ0n) is 12.6. The number of hydrogen-bond donors (Lipinski definition) is 1. The van der Waals surface area contributed by atoms with Gasteiger partial charge in [0.05, 0.1) is 11.9 Å². The second-order valence-corrected chi connectivity index (χ2v) is 5.99. The molecule has 3 heterocycles. The molecule has 0 saturated carbocycles.